The highest BCUT2D eigenvalue weighted by molar-refractivity contribution is 14.1. The molecule has 0 bridgehead atoms. The number of halogens is 2. The average Bonchev–Trinajstić information content (AvgIpc) is 3.10. The maximum Gasteiger partial charge on any atom is 0.195 e. The third-order valence-corrected chi connectivity index (χ3v) is 5.29. The number of benzene rings is 2. The first-order valence-corrected chi connectivity index (χ1v) is 9.00. The van der Waals surface area contributed by atoms with Crippen molar-refractivity contribution in [3.8, 4) is 17.0 Å². The van der Waals surface area contributed by atoms with Crippen LogP contribution < -0.4 is 4.74 Å². The Morgan fingerprint density at radius 2 is 2.00 bits per heavy atom. The second kappa shape index (κ2) is 6.09. The summed E-state index contributed by atoms with van der Waals surface area (Å²) in [6.07, 6.45) is 2.05. The monoisotopic (exact) mass is 438 g/mol. The van der Waals surface area contributed by atoms with E-state index in [1.165, 1.54) is 3.57 Å². The summed E-state index contributed by atoms with van der Waals surface area (Å²) < 4.78 is 21.9. The standard InChI is InChI=1S/C17H12FIN2OS/c18-7-8-22-13-5-6-15-16(9-13)23-17-20-14(10-21(15)17)11-1-3-12(19)4-2-11/h1-6,9-10H,7-8H2. The Bertz CT molecular complexity index is 978. The van der Waals surface area contributed by atoms with Gasteiger partial charge in [-0.25, -0.2) is 9.37 Å². The van der Waals surface area contributed by atoms with Crippen LogP contribution in [0.15, 0.2) is 48.7 Å². The zero-order valence-corrected chi connectivity index (χ0v) is 15.0. The van der Waals surface area contributed by atoms with Crippen molar-refractivity contribution in [2.45, 2.75) is 0 Å². The summed E-state index contributed by atoms with van der Waals surface area (Å²) in [6.45, 7) is -0.393. The number of alkyl halides is 1. The van der Waals surface area contributed by atoms with E-state index in [0.29, 0.717) is 5.75 Å². The van der Waals surface area contributed by atoms with E-state index >= 15 is 0 Å². The number of aromatic nitrogens is 2. The minimum Gasteiger partial charge on any atom is -0.491 e. The normalized spacial score (nSPS) is 11.4. The summed E-state index contributed by atoms with van der Waals surface area (Å²) in [7, 11) is 0. The van der Waals surface area contributed by atoms with E-state index in [2.05, 4.69) is 57.5 Å². The maximum atomic E-state index is 12.2. The molecule has 4 aromatic rings. The second-order valence-electron chi connectivity index (χ2n) is 5.05. The van der Waals surface area contributed by atoms with Gasteiger partial charge in [0.25, 0.3) is 0 Å². The Morgan fingerprint density at radius 1 is 1.17 bits per heavy atom. The third kappa shape index (κ3) is 2.81. The number of ether oxygens (including phenoxy) is 1. The number of imidazole rings is 1. The Balaban J connectivity index is 1.76. The van der Waals surface area contributed by atoms with E-state index < -0.39 is 6.67 Å². The molecule has 0 saturated carbocycles. The van der Waals surface area contributed by atoms with Crippen molar-refractivity contribution in [1.29, 1.82) is 0 Å². The molecule has 0 fully saturated rings. The van der Waals surface area contributed by atoms with Crippen LogP contribution in [0.4, 0.5) is 4.39 Å². The maximum absolute atomic E-state index is 12.2. The van der Waals surface area contributed by atoms with Crippen molar-refractivity contribution in [1.82, 2.24) is 9.38 Å². The molecule has 0 aliphatic rings. The Hall–Kier alpha value is -1.67. The predicted molar refractivity (Wildman–Crippen MR) is 100 cm³/mol. The van der Waals surface area contributed by atoms with Gasteiger partial charge in [-0.1, -0.05) is 23.5 Å². The highest BCUT2D eigenvalue weighted by atomic mass is 127. The van der Waals surface area contributed by atoms with E-state index in [9.17, 15) is 4.39 Å². The van der Waals surface area contributed by atoms with Gasteiger partial charge in [-0.15, -0.1) is 0 Å². The molecule has 116 valence electrons. The zero-order chi connectivity index (χ0) is 15.8. The fraction of sp³-hybridized carbons (Fsp3) is 0.118. The summed E-state index contributed by atoms with van der Waals surface area (Å²) in [5.41, 5.74) is 3.16. The molecule has 0 amide bonds. The molecule has 0 unspecified atom stereocenters. The molecule has 0 N–H and O–H groups in total. The molecule has 0 spiro atoms. The second-order valence-corrected chi connectivity index (χ2v) is 7.31. The van der Waals surface area contributed by atoms with Gasteiger partial charge in [0.1, 0.15) is 19.0 Å². The molecule has 6 heteroatoms. The van der Waals surface area contributed by atoms with Gasteiger partial charge in [-0.2, -0.15) is 0 Å². The molecule has 4 rings (SSSR count). The van der Waals surface area contributed by atoms with Crippen molar-refractivity contribution in [3.63, 3.8) is 0 Å². The lowest BCUT2D eigenvalue weighted by molar-refractivity contribution is 0.273. The highest BCUT2D eigenvalue weighted by Crippen LogP contribution is 2.31. The van der Waals surface area contributed by atoms with Crippen molar-refractivity contribution in [3.05, 3.63) is 52.2 Å². The minimum absolute atomic E-state index is 0.0883. The molecule has 2 aromatic heterocycles. The van der Waals surface area contributed by atoms with Crippen molar-refractivity contribution >= 4 is 49.1 Å². The van der Waals surface area contributed by atoms with Crippen molar-refractivity contribution in [2.24, 2.45) is 0 Å². The van der Waals surface area contributed by atoms with Gasteiger partial charge in [0.15, 0.2) is 4.96 Å². The molecule has 2 heterocycles. The fourth-order valence-electron chi connectivity index (χ4n) is 2.49. The largest absolute Gasteiger partial charge is 0.491 e. The molecule has 0 aliphatic heterocycles. The number of hydrogen-bond acceptors (Lipinski definition) is 3. The summed E-state index contributed by atoms with van der Waals surface area (Å²) in [4.78, 5) is 5.66. The summed E-state index contributed by atoms with van der Waals surface area (Å²) in [5.74, 6) is 0.692. The van der Waals surface area contributed by atoms with Crippen LogP contribution in [0, 0.1) is 3.57 Å². The Labute approximate surface area is 149 Å². The molecule has 2 aromatic carbocycles. The molecular weight excluding hydrogens is 426 g/mol. The summed E-state index contributed by atoms with van der Waals surface area (Å²) in [6, 6.07) is 14.1. The first-order chi connectivity index (χ1) is 11.2. The average molecular weight is 438 g/mol. The third-order valence-electron chi connectivity index (χ3n) is 3.55. The topological polar surface area (TPSA) is 26.5 Å². The van der Waals surface area contributed by atoms with E-state index in [4.69, 9.17) is 9.72 Å². The van der Waals surface area contributed by atoms with Crippen LogP contribution in [-0.4, -0.2) is 22.7 Å². The molecule has 3 nitrogen and oxygen atoms in total. The van der Waals surface area contributed by atoms with Gasteiger partial charge in [0.2, 0.25) is 0 Å². The number of hydrogen-bond donors (Lipinski definition) is 0. The van der Waals surface area contributed by atoms with Crippen LogP contribution >= 0.6 is 33.9 Å². The van der Waals surface area contributed by atoms with E-state index in [1.807, 2.05) is 18.2 Å². The van der Waals surface area contributed by atoms with Gasteiger partial charge < -0.3 is 4.74 Å². The molecule has 23 heavy (non-hydrogen) atoms. The number of nitrogens with zero attached hydrogens (tertiary/aromatic N) is 2. The number of rotatable bonds is 4. The van der Waals surface area contributed by atoms with Crippen LogP contribution in [0.5, 0.6) is 5.75 Å². The number of fused-ring (bicyclic) bond motifs is 3. The summed E-state index contributed by atoms with van der Waals surface area (Å²) >= 11 is 3.90. The van der Waals surface area contributed by atoms with Gasteiger partial charge in [0.05, 0.1) is 15.9 Å². The van der Waals surface area contributed by atoms with Crippen LogP contribution in [0.3, 0.4) is 0 Å². The number of thiazole rings is 1. The molecular formula is C17H12FIN2OS. The Morgan fingerprint density at radius 3 is 2.78 bits per heavy atom. The Kier molecular flexibility index (Phi) is 3.94. The van der Waals surface area contributed by atoms with E-state index in [-0.39, 0.29) is 6.61 Å². The quantitative estimate of drug-likeness (QED) is 0.411. The van der Waals surface area contributed by atoms with Crippen LogP contribution in [0.25, 0.3) is 26.4 Å². The minimum atomic E-state index is -0.481. The first kappa shape index (κ1) is 14.9. The van der Waals surface area contributed by atoms with Crippen LogP contribution in [0.2, 0.25) is 0 Å². The SMILES string of the molecule is FCCOc1ccc2c(c1)sc1nc(-c3ccc(I)cc3)cn12. The van der Waals surface area contributed by atoms with E-state index in [1.54, 1.807) is 11.3 Å². The lowest BCUT2D eigenvalue weighted by atomic mass is 10.2. The van der Waals surface area contributed by atoms with Gasteiger partial charge in [-0.3, -0.25) is 4.40 Å². The molecule has 0 atom stereocenters. The van der Waals surface area contributed by atoms with Gasteiger partial charge in [-0.05, 0) is 52.9 Å². The van der Waals surface area contributed by atoms with E-state index in [0.717, 1.165) is 26.4 Å². The highest BCUT2D eigenvalue weighted by Gasteiger charge is 2.11. The lowest BCUT2D eigenvalue weighted by Gasteiger charge is -2.02. The zero-order valence-electron chi connectivity index (χ0n) is 12.0. The molecule has 0 radical (unpaired) electrons. The predicted octanol–water partition coefficient (Wildman–Crippen LogP) is 5.17. The smallest absolute Gasteiger partial charge is 0.195 e. The molecule has 0 saturated heterocycles. The van der Waals surface area contributed by atoms with Crippen molar-refractivity contribution in [2.75, 3.05) is 13.3 Å². The van der Waals surface area contributed by atoms with Crippen LogP contribution in [-0.2, 0) is 0 Å². The molecule has 0 aliphatic carbocycles. The first-order valence-electron chi connectivity index (χ1n) is 7.11. The van der Waals surface area contributed by atoms with Crippen molar-refractivity contribution < 1.29 is 9.13 Å². The lowest BCUT2D eigenvalue weighted by Crippen LogP contribution is -1.98. The van der Waals surface area contributed by atoms with Gasteiger partial charge in [0, 0.05) is 15.3 Å². The van der Waals surface area contributed by atoms with Crippen LogP contribution in [0.1, 0.15) is 0 Å². The summed E-state index contributed by atoms with van der Waals surface area (Å²) in [5, 5.41) is 0. The van der Waals surface area contributed by atoms with Gasteiger partial charge >= 0.3 is 0 Å². The fourth-order valence-corrected chi connectivity index (χ4v) is 3.88.